The van der Waals surface area contributed by atoms with Gasteiger partial charge in [-0.25, -0.2) is 4.98 Å². The minimum absolute atomic E-state index is 0.267. The third-order valence-electron chi connectivity index (χ3n) is 8.49. The standard InChI is InChI=1S/C30H30N2O/c1-2-6-20(7-3-1)19-33-28-11-10-24(29-31-26-8-4-5-9-27(26)32-29)15-25(28)30-16-21-12-22(17-30)14-23(13-21)18-30/h1-11,15,21-23H,12-14,16-19H2,(H,31,32). The zero-order valence-corrected chi connectivity index (χ0v) is 19.0. The molecule has 1 aromatic heterocycles. The number of nitrogens with zero attached hydrogens (tertiary/aromatic N) is 1. The number of ether oxygens (including phenoxy) is 1. The first kappa shape index (κ1) is 19.4. The molecule has 1 heterocycles. The molecule has 3 aromatic carbocycles. The number of hydrogen-bond acceptors (Lipinski definition) is 2. The summed E-state index contributed by atoms with van der Waals surface area (Å²) in [6, 6.07) is 25.6. The molecule has 166 valence electrons. The smallest absolute Gasteiger partial charge is 0.138 e. The highest BCUT2D eigenvalue weighted by atomic mass is 16.5. The molecule has 8 rings (SSSR count). The summed E-state index contributed by atoms with van der Waals surface area (Å²) in [7, 11) is 0. The minimum atomic E-state index is 0.267. The number of hydrogen-bond donors (Lipinski definition) is 1. The van der Waals surface area contributed by atoms with E-state index >= 15 is 0 Å². The Morgan fingerprint density at radius 1 is 0.818 bits per heavy atom. The van der Waals surface area contributed by atoms with Crippen LogP contribution in [-0.2, 0) is 12.0 Å². The second kappa shape index (κ2) is 7.48. The summed E-state index contributed by atoms with van der Waals surface area (Å²) in [6.45, 7) is 0.615. The molecule has 3 nitrogen and oxygen atoms in total. The van der Waals surface area contributed by atoms with Crippen LogP contribution in [0.1, 0.15) is 49.7 Å². The lowest BCUT2D eigenvalue weighted by atomic mass is 9.48. The van der Waals surface area contributed by atoms with Gasteiger partial charge >= 0.3 is 0 Å². The molecular formula is C30H30N2O. The van der Waals surface area contributed by atoms with Crippen molar-refractivity contribution in [2.75, 3.05) is 0 Å². The molecule has 0 radical (unpaired) electrons. The Morgan fingerprint density at radius 2 is 1.52 bits per heavy atom. The van der Waals surface area contributed by atoms with Crippen LogP contribution in [0.3, 0.4) is 0 Å². The SMILES string of the molecule is c1ccc(COc2ccc(-c3nc4ccccc4[nH]3)cc2C23CC4CC(CC(C4)C2)C3)cc1. The first-order chi connectivity index (χ1) is 16.2. The van der Waals surface area contributed by atoms with E-state index in [1.807, 2.05) is 6.07 Å². The van der Waals surface area contributed by atoms with Gasteiger partial charge in [0.2, 0.25) is 0 Å². The van der Waals surface area contributed by atoms with E-state index in [0.717, 1.165) is 40.4 Å². The molecule has 4 saturated carbocycles. The summed E-state index contributed by atoms with van der Waals surface area (Å²) in [4.78, 5) is 8.44. The number of nitrogens with one attached hydrogen (secondary N) is 1. The summed E-state index contributed by atoms with van der Waals surface area (Å²) < 4.78 is 6.53. The van der Waals surface area contributed by atoms with Gasteiger partial charge in [-0.1, -0.05) is 42.5 Å². The summed E-state index contributed by atoms with van der Waals surface area (Å²) in [5, 5.41) is 0. The topological polar surface area (TPSA) is 37.9 Å². The zero-order valence-electron chi connectivity index (χ0n) is 19.0. The number of aromatic amines is 1. The monoisotopic (exact) mass is 434 g/mol. The van der Waals surface area contributed by atoms with Crippen LogP contribution < -0.4 is 4.74 Å². The first-order valence-corrected chi connectivity index (χ1v) is 12.5. The number of para-hydroxylation sites is 2. The van der Waals surface area contributed by atoms with Crippen LogP contribution in [0.25, 0.3) is 22.4 Å². The Morgan fingerprint density at radius 3 is 2.24 bits per heavy atom. The number of fused-ring (bicyclic) bond motifs is 1. The van der Waals surface area contributed by atoms with E-state index in [1.165, 1.54) is 55.2 Å². The van der Waals surface area contributed by atoms with Gasteiger partial charge in [-0.15, -0.1) is 0 Å². The molecule has 3 heteroatoms. The number of aromatic nitrogens is 2. The lowest BCUT2D eigenvalue weighted by Crippen LogP contribution is -2.48. The summed E-state index contributed by atoms with van der Waals surface area (Å²) in [5.74, 6) is 4.71. The van der Waals surface area contributed by atoms with Crippen molar-refractivity contribution in [1.82, 2.24) is 9.97 Å². The second-order valence-electron chi connectivity index (χ2n) is 10.8. The molecule has 0 spiro atoms. The summed E-state index contributed by atoms with van der Waals surface area (Å²) in [5.41, 5.74) is 6.19. The van der Waals surface area contributed by atoms with E-state index in [1.54, 1.807) is 0 Å². The van der Waals surface area contributed by atoms with Crippen molar-refractivity contribution in [2.24, 2.45) is 17.8 Å². The Hall–Kier alpha value is -3.07. The van der Waals surface area contributed by atoms with Crippen LogP contribution in [-0.4, -0.2) is 9.97 Å². The van der Waals surface area contributed by atoms with Gasteiger partial charge in [-0.3, -0.25) is 0 Å². The van der Waals surface area contributed by atoms with E-state index in [0.29, 0.717) is 6.61 Å². The molecular weight excluding hydrogens is 404 g/mol. The van der Waals surface area contributed by atoms with Gasteiger partial charge < -0.3 is 9.72 Å². The summed E-state index contributed by atoms with van der Waals surface area (Å²) in [6.07, 6.45) is 8.31. The van der Waals surface area contributed by atoms with Gasteiger partial charge in [-0.05, 0) is 97.6 Å². The van der Waals surface area contributed by atoms with Gasteiger partial charge in [0, 0.05) is 11.1 Å². The second-order valence-corrected chi connectivity index (χ2v) is 10.8. The zero-order chi connectivity index (χ0) is 21.8. The third-order valence-corrected chi connectivity index (χ3v) is 8.49. The molecule has 0 amide bonds. The molecule has 0 aliphatic heterocycles. The lowest BCUT2D eigenvalue weighted by molar-refractivity contribution is -0.00645. The molecule has 4 aromatic rings. The van der Waals surface area contributed by atoms with E-state index in [4.69, 9.17) is 9.72 Å². The first-order valence-electron chi connectivity index (χ1n) is 12.5. The van der Waals surface area contributed by atoms with Crippen LogP contribution in [0.5, 0.6) is 5.75 Å². The maximum Gasteiger partial charge on any atom is 0.138 e. The molecule has 0 atom stereocenters. The van der Waals surface area contributed by atoms with E-state index in [-0.39, 0.29) is 5.41 Å². The van der Waals surface area contributed by atoms with E-state index < -0.39 is 0 Å². The normalized spacial score (nSPS) is 27.8. The molecule has 4 fully saturated rings. The Balaban J connectivity index is 1.31. The van der Waals surface area contributed by atoms with Crippen LogP contribution in [0.2, 0.25) is 0 Å². The number of rotatable bonds is 5. The Kier molecular flexibility index (Phi) is 4.40. The van der Waals surface area contributed by atoms with Gasteiger partial charge in [0.05, 0.1) is 11.0 Å². The van der Waals surface area contributed by atoms with Crippen LogP contribution in [0.4, 0.5) is 0 Å². The highest BCUT2D eigenvalue weighted by molar-refractivity contribution is 5.79. The Labute approximate surface area is 195 Å². The molecule has 0 saturated heterocycles. The fourth-order valence-corrected chi connectivity index (χ4v) is 7.48. The molecule has 4 bridgehead atoms. The molecule has 33 heavy (non-hydrogen) atoms. The van der Waals surface area contributed by atoms with E-state index in [2.05, 4.69) is 71.7 Å². The number of imidazole rings is 1. The average molecular weight is 435 g/mol. The van der Waals surface area contributed by atoms with Gasteiger partial charge in [0.15, 0.2) is 0 Å². The maximum absolute atomic E-state index is 6.53. The minimum Gasteiger partial charge on any atom is -0.489 e. The fourth-order valence-electron chi connectivity index (χ4n) is 7.48. The van der Waals surface area contributed by atoms with Crippen molar-refractivity contribution in [1.29, 1.82) is 0 Å². The van der Waals surface area contributed by atoms with Gasteiger partial charge in [-0.2, -0.15) is 0 Å². The highest BCUT2D eigenvalue weighted by Crippen LogP contribution is 2.62. The molecule has 4 aliphatic carbocycles. The number of benzene rings is 3. The molecule has 4 aliphatic rings. The summed E-state index contributed by atoms with van der Waals surface area (Å²) >= 11 is 0. The van der Waals surface area contributed by atoms with Crippen molar-refractivity contribution in [3.8, 4) is 17.1 Å². The largest absolute Gasteiger partial charge is 0.489 e. The quantitative estimate of drug-likeness (QED) is 0.358. The van der Waals surface area contributed by atoms with Gasteiger partial charge in [0.25, 0.3) is 0 Å². The average Bonchev–Trinajstić information content (AvgIpc) is 3.27. The van der Waals surface area contributed by atoms with Crippen LogP contribution in [0, 0.1) is 17.8 Å². The van der Waals surface area contributed by atoms with E-state index in [9.17, 15) is 0 Å². The van der Waals surface area contributed by atoms with Gasteiger partial charge in [0.1, 0.15) is 18.2 Å². The number of H-pyrrole nitrogens is 1. The molecule has 0 unspecified atom stereocenters. The van der Waals surface area contributed by atoms with Crippen molar-refractivity contribution < 1.29 is 4.74 Å². The third kappa shape index (κ3) is 3.37. The lowest BCUT2D eigenvalue weighted by Gasteiger charge is -2.57. The predicted molar refractivity (Wildman–Crippen MR) is 132 cm³/mol. The van der Waals surface area contributed by atoms with Crippen molar-refractivity contribution in [3.63, 3.8) is 0 Å². The van der Waals surface area contributed by atoms with Crippen LogP contribution in [0.15, 0.2) is 72.8 Å². The van der Waals surface area contributed by atoms with Crippen LogP contribution >= 0.6 is 0 Å². The maximum atomic E-state index is 6.53. The highest BCUT2D eigenvalue weighted by Gasteiger charge is 2.52. The predicted octanol–water partition coefficient (Wildman–Crippen LogP) is 7.28. The Bertz CT molecular complexity index is 1240. The molecule has 1 N–H and O–H groups in total. The fraction of sp³-hybridized carbons (Fsp3) is 0.367. The van der Waals surface area contributed by atoms with Crippen molar-refractivity contribution in [3.05, 3.63) is 83.9 Å². The van der Waals surface area contributed by atoms with Crippen molar-refractivity contribution in [2.45, 2.75) is 50.5 Å². The van der Waals surface area contributed by atoms with Crippen molar-refractivity contribution >= 4 is 11.0 Å².